The Balaban J connectivity index is 2.84. The Morgan fingerprint density at radius 3 is 2.06 bits per heavy atom. The van der Waals surface area contributed by atoms with Crippen molar-refractivity contribution in [3.8, 4) is 5.75 Å². The Bertz CT molecular complexity index is 348. The summed E-state index contributed by atoms with van der Waals surface area (Å²) in [5.74, 6) is 1.68. The average Bonchev–Trinajstić information content (AvgIpc) is 2.25. The van der Waals surface area contributed by atoms with Crippen LogP contribution in [-0.4, -0.2) is 7.11 Å². The first-order chi connectivity index (χ1) is 7.95. The minimum atomic E-state index is 0.112. The molecule has 0 aliphatic heterocycles. The van der Waals surface area contributed by atoms with E-state index in [0.29, 0.717) is 5.92 Å². The predicted molar refractivity (Wildman–Crippen MR) is 75.1 cm³/mol. The topological polar surface area (TPSA) is 9.23 Å². The molecule has 17 heavy (non-hydrogen) atoms. The minimum absolute atomic E-state index is 0.112. The lowest BCUT2D eigenvalue weighted by Crippen LogP contribution is -1.98. The van der Waals surface area contributed by atoms with Crippen LogP contribution in [0.2, 0.25) is 0 Å². The third-order valence-electron chi connectivity index (χ3n) is 3.05. The Labute approximate surface area is 110 Å². The van der Waals surface area contributed by atoms with Gasteiger partial charge in [0.1, 0.15) is 5.75 Å². The van der Waals surface area contributed by atoms with Gasteiger partial charge in [-0.25, -0.2) is 0 Å². The average molecular weight is 255 g/mol. The molecular formula is C15H23ClO. The fourth-order valence-corrected chi connectivity index (χ4v) is 2.38. The van der Waals surface area contributed by atoms with Crippen LogP contribution in [0.25, 0.3) is 0 Å². The summed E-state index contributed by atoms with van der Waals surface area (Å²) in [5.41, 5.74) is 3.54. The molecule has 0 spiro atoms. The third kappa shape index (κ3) is 3.92. The molecule has 1 aromatic rings. The van der Waals surface area contributed by atoms with Gasteiger partial charge in [-0.2, -0.15) is 0 Å². The van der Waals surface area contributed by atoms with Crippen molar-refractivity contribution in [1.29, 1.82) is 0 Å². The molecule has 0 fully saturated rings. The van der Waals surface area contributed by atoms with Crippen molar-refractivity contribution in [3.05, 3.63) is 28.8 Å². The van der Waals surface area contributed by atoms with E-state index in [0.717, 1.165) is 29.7 Å². The van der Waals surface area contributed by atoms with Crippen molar-refractivity contribution in [2.75, 3.05) is 7.11 Å². The maximum atomic E-state index is 6.45. The molecule has 0 saturated heterocycles. The summed E-state index contributed by atoms with van der Waals surface area (Å²) in [7, 11) is 1.71. The smallest absolute Gasteiger partial charge is 0.124 e. The lowest BCUT2D eigenvalue weighted by atomic mass is 9.98. The summed E-state index contributed by atoms with van der Waals surface area (Å²) < 4.78 is 5.37. The van der Waals surface area contributed by atoms with Gasteiger partial charge in [-0.05, 0) is 49.3 Å². The van der Waals surface area contributed by atoms with Gasteiger partial charge in [-0.15, -0.1) is 11.6 Å². The summed E-state index contributed by atoms with van der Waals surface area (Å²) in [5, 5.41) is 0.112. The van der Waals surface area contributed by atoms with E-state index in [2.05, 4.69) is 39.8 Å². The number of benzene rings is 1. The Hall–Kier alpha value is -0.690. The molecule has 0 saturated carbocycles. The van der Waals surface area contributed by atoms with Crippen LogP contribution in [0.4, 0.5) is 0 Å². The van der Waals surface area contributed by atoms with Gasteiger partial charge < -0.3 is 4.74 Å². The largest absolute Gasteiger partial charge is 0.496 e. The van der Waals surface area contributed by atoms with Crippen molar-refractivity contribution in [3.63, 3.8) is 0 Å². The number of halogens is 1. The fourth-order valence-electron chi connectivity index (χ4n) is 2.13. The molecular weight excluding hydrogens is 232 g/mol. The number of hydrogen-bond donors (Lipinski definition) is 0. The van der Waals surface area contributed by atoms with Crippen LogP contribution < -0.4 is 4.74 Å². The molecule has 1 rings (SSSR count). The van der Waals surface area contributed by atoms with E-state index in [4.69, 9.17) is 16.3 Å². The maximum Gasteiger partial charge on any atom is 0.124 e. The predicted octanol–water partition coefficient (Wildman–Crippen LogP) is 5.03. The maximum absolute atomic E-state index is 6.45. The van der Waals surface area contributed by atoms with Gasteiger partial charge in [0.15, 0.2) is 0 Å². The molecule has 0 N–H and O–H groups in total. The SMILES string of the molecule is COc1c(C)cc(C(Cl)CCC(C)C)cc1C. The van der Waals surface area contributed by atoms with E-state index in [1.165, 1.54) is 5.56 Å². The van der Waals surface area contributed by atoms with Crippen LogP contribution in [0, 0.1) is 19.8 Å². The molecule has 0 amide bonds. The highest BCUT2D eigenvalue weighted by molar-refractivity contribution is 6.20. The monoisotopic (exact) mass is 254 g/mol. The van der Waals surface area contributed by atoms with E-state index in [1.807, 2.05) is 0 Å². The van der Waals surface area contributed by atoms with Crippen LogP contribution in [0.3, 0.4) is 0 Å². The van der Waals surface area contributed by atoms with E-state index < -0.39 is 0 Å². The number of hydrogen-bond acceptors (Lipinski definition) is 1. The molecule has 1 atom stereocenters. The van der Waals surface area contributed by atoms with Crippen molar-refractivity contribution < 1.29 is 4.74 Å². The molecule has 0 bridgehead atoms. The first kappa shape index (κ1) is 14.4. The highest BCUT2D eigenvalue weighted by Crippen LogP contribution is 2.32. The van der Waals surface area contributed by atoms with Crippen molar-refractivity contribution in [2.24, 2.45) is 5.92 Å². The molecule has 0 radical (unpaired) electrons. The summed E-state index contributed by atoms with van der Waals surface area (Å²) in [6.07, 6.45) is 2.20. The van der Waals surface area contributed by atoms with Gasteiger partial charge in [0.05, 0.1) is 12.5 Å². The normalized spacial score (nSPS) is 12.9. The lowest BCUT2D eigenvalue weighted by Gasteiger charge is -2.15. The summed E-state index contributed by atoms with van der Waals surface area (Å²) >= 11 is 6.45. The van der Waals surface area contributed by atoms with E-state index in [1.54, 1.807) is 7.11 Å². The highest BCUT2D eigenvalue weighted by Gasteiger charge is 2.12. The van der Waals surface area contributed by atoms with Gasteiger partial charge in [-0.1, -0.05) is 26.0 Å². The number of methoxy groups -OCH3 is 1. The Morgan fingerprint density at radius 2 is 1.65 bits per heavy atom. The van der Waals surface area contributed by atoms with E-state index in [-0.39, 0.29) is 5.38 Å². The quantitative estimate of drug-likeness (QED) is 0.670. The highest BCUT2D eigenvalue weighted by atomic mass is 35.5. The standard InChI is InChI=1S/C15H23ClO/c1-10(2)6-7-14(16)13-8-11(3)15(17-5)12(4)9-13/h8-10,14H,6-7H2,1-5H3. The van der Waals surface area contributed by atoms with Gasteiger partial charge in [0, 0.05) is 0 Å². The first-order valence-electron chi connectivity index (χ1n) is 6.25. The van der Waals surface area contributed by atoms with Gasteiger partial charge in [0.2, 0.25) is 0 Å². The van der Waals surface area contributed by atoms with Crippen LogP contribution in [0.15, 0.2) is 12.1 Å². The van der Waals surface area contributed by atoms with Gasteiger partial charge in [-0.3, -0.25) is 0 Å². The third-order valence-corrected chi connectivity index (χ3v) is 3.52. The van der Waals surface area contributed by atoms with Crippen molar-refractivity contribution in [2.45, 2.75) is 45.9 Å². The van der Waals surface area contributed by atoms with Gasteiger partial charge in [0.25, 0.3) is 0 Å². The summed E-state index contributed by atoms with van der Waals surface area (Å²) in [4.78, 5) is 0. The number of rotatable bonds is 5. The number of ether oxygens (including phenoxy) is 1. The zero-order valence-corrected chi connectivity index (χ0v) is 12.3. The minimum Gasteiger partial charge on any atom is -0.496 e. The molecule has 1 unspecified atom stereocenters. The number of alkyl halides is 1. The zero-order valence-electron chi connectivity index (χ0n) is 11.5. The second kappa shape index (κ2) is 6.30. The molecule has 2 heteroatoms. The fraction of sp³-hybridized carbons (Fsp3) is 0.600. The molecule has 0 aliphatic carbocycles. The van der Waals surface area contributed by atoms with Gasteiger partial charge >= 0.3 is 0 Å². The first-order valence-corrected chi connectivity index (χ1v) is 6.68. The van der Waals surface area contributed by atoms with Crippen LogP contribution in [0.5, 0.6) is 5.75 Å². The second-order valence-corrected chi connectivity index (χ2v) is 5.65. The number of aryl methyl sites for hydroxylation is 2. The Kier molecular flexibility index (Phi) is 5.32. The van der Waals surface area contributed by atoms with Crippen LogP contribution in [0.1, 0.15) is 48.8 Å². The van der Waals surface area contributed by atoms with Crippen LogP contribution >= 0.6 is 11.6 Å². The lowest BCUT2D eigenvalue weighted by molar-refractivity contribution is 0.408. The Morgan fingerprint density at radius 1 is 1.12 bits per heavy atom. The van der Waals surface area contributed by atoms with Crippen LogP contribution in [-0.2, 0) is 0 Å². The summed E-state index contributed by atoms with van der Waals surface area (Å²) in [6, 6.07) is 4.29. The zero-order chi connectivity index (χ0) is 13.0. The molecule has 0 aliphatic rings. The summed E-state index contributed by atoms with van der Waals surface area (Å²) in [6.45, 7) is 8.60. The molecule has 0 heterocycles. The van der Waals surface area contributed by atoms with Crippen molar-refractivity contribution >= 4 is 11.6 Å². The molecule has 96 valence electrons. The molecule has 0 aromatic heterocycles. The van der Waals surface area contributed by atoms with E-state index >= 15 is 0 Å². The second-order valence-electron chi connectivity index (χ2n) is 5.13. The molecule has 1 nitrogen and oxygen atoms in total. The van der Waals surface area contributed by atoms with E-state index in [9.17, 15) is 0 Å². The van der Waals surface area contributed by atoms with Crippen molar-refractivity contribution in [1.82, 2.24) is 0 Å². The molecule has 1 aromatic carbocycles.